The van der Waals surface area contributed by atoms with Gasteiger partial charge in [0.1, 0.15) is 12.4 Å². The highest BCUT2D eigenvalue weighted by molar-refractivity contribution is 14.0. The first-order valence-electron chi connectivity index (χ1n) is 10.0. The van der Waals surface area contributed by atoms with Crippen LogP contribution in [-0.4, -0.2) is 82.2 Å². The fourth-order valence-corrected chi connectivity index (χ4v) is 3.15. The van der Waals surface area contributed by atoms with Crippen molar-refractivity contribution in [2.45, 2.75) is 33.4 Å². The molecule has 1 saturated heterocycles. The van der Waals surface area contributed by atoms with Gasteiger partial charge in [-0.1, -0.05) is 0 Å². The van der Waals surface area contributed by atoms with Gasteiger partial charge in [0, 0.05) is 38.8 Å². The molecule has 1 amide bonds. The smallest absolute Gasteiger partial charge is 0.234 e. The van der Waals surface area contributed by atoms with Gasteiger partial charge in [0.25, 0.3) is 0 Å². The van der Waals surface area contributed by atoms with Crippen molar-refractivity contribution in [1.82, 2.24) is 35.6 Å². The zero-order valence-electron chi connectivity index (χ0n) is 17.7. The lowest BCUT2D eigenvalue weighted by atomic mass is 10.3. The molecule has 10 nitrogen and oxygen atoms in total. The van der Waals surface area contributed by atoms with Crippen LogP contribution in [0.15, 0.2) is 27.8 Å². The Morgan fingerprint density at radius 3 is 2.73 bits per heavy atom. The van der Waals surface area contributed by atoms with Gasteiger partial charge in [-0.05, 0) is 32.9 Å². The number of halogens is 1. The number of furan rings is 1. The summed E-state index contributed by atoms with van der Waals surface area (Å²) in [5, 5.41) is 13.4. The maximum atomic E-state index is 12.0. The van der Waals surface area contributed by atoms with E-state index in [9.17, 15) is 4.79 Å². The van der Waals surface area contributed by atoms with E-state index in [1.165, 1.54) is 0 Å². The summed E-state index contributed by atoms with van der Waals surface area (Å²) >= 11 is 0. The van der Waals surface area contributed by atoms with Gasteiger partial charge in [-0.25, -0.2) is 9.98 Å². The number of aliphatic imine (C=N–C) groups is 1. The van der Waals surface area contributed by atoms with E-state index in [1.54, 1.807) is 12.3 Å². The highest BCUT2D eigenvalue weighted by Crippen LogP contribution is 2.14. The molecule has 11 heteroatoms. The molecule has 0 radical (unpaired) electrons. The van der Waals surface area contributed by atoms with Crippen LogP contribution in [0.3, 0.4) is 0 Å². The first-order chi connectivity index (χ1) is 14.0. The zero-order chi connectivity index (χ0) is 20.6. The number of piperazine rings is 1. The summed E-state index contributed by atoms with van der Waals surface area (Å²) in [6.07, 6.45) is 1.60. The van der Waals surface area contributed by atoms with Gasteiger partial charge < -0.3 is 20.0 Å². The molecule has 0 aliphatic carbocycles. The van der Waals surface area contributed by atoms with Crippen molar-refractivity contribution >= 4 is 35.8 Å². The van der Waals surface area contributed by atoms with E-state index in [-0.39, 0.29) is 35.9 Å². The minimum Gasteiger partial charge on any atom is -0.461 e. The van der Waals surface area contributed by atoms with Gasteiger partial charge in [0.05, 0.1) is 12.8 Å². The largest absolute Gasteiger partial charge is 0.461 e. The van der Waals surface area contributed by atoms with Crippen LogP contribution < -0.4 is 10.6 Å². The van der Waals surface area contributed by atoms with E-state index in [4.69, 9.17) is 9.41 Å². The first kappa shape index (κ1) is 24.1. The molecule has 166 valence electrons. The predicted molar refractivity (Wildman–Crippen MR) is 126 cm³/mol. The monoisotopic (exact) mass is 530 g/mol. The van der Waals surface area contributed by atoms with Crippen LogP contribution >= 0.6 is 24.0 Å². The topological polar surface area (TPSA) is 115 Å². The standard InChI is InChI=1S/C19H30N8O2.HI/c1-4-20-19(21-12-16-23-18(25-24-16)15-6-5-11-29-15)27-9-7-26(8-10-27)13-17(28)22-14(2)3;/h5-6,11,14H,4,7-10,12-13H2,1-3H3,(H,20,21)(H,22,28)(H,23,24,25);1H. The van der Waals surface area contributed by atoms with Crippen molar-refractivity contribution in [3.63, 3.8) is 0 Å². The Kier molecular flexibility index (Phi) is 9.56. The van der Waals surface area contributed by atoms with Gasteiger partial charge in [0.15, 0.2) is 11.7 Å². The van der Waals surface area contributed by atoms with Crippen LogP contribution in [0, 0.1) is 0 Å². The second-order valence-corrected chi connectivity index (χ2v) is 7.24. The number of H-pyrrole nitrogens is 1. The van der Waals surface area contributed by atoms with Crippen molar-refractivity contribution in [2.75, 3.05) is 39.3 Å². The van der Waals surface area contributed by atoms with Crippen molar-refractivity contribution in [2.24, 2.45) is 4.99 Å². The number of carbonyl (C=O) groups excluding carboxylic acids is 1. The van der Waals surface area contributed by atoms with Crippen LogP contribution in [0.5, 0.6) is 0 Å². The maximum absolute atomic E-state index is 12.0. The van der Waals surface area contributed by atoms with Crippen LogP contribution in [0.1, 0.15) is 26.6 Å². The molecule has 0 unspecified atom stereocenters. The van der Waals surface area contributed by atoms with Crippen LogP contribution in [-0.2, 0) is 11.3 Å². The third kappa shape index (κ3) is 6.97. The summed E-state index contributed by atoms with van der Waals surface area (Å²) in [6, 6.07) is 3.79. The van der Waals surface area contributed by atoms with E-state index < -0.39 is 0 Å². The normalized spacial score (nSPS) is 15.2. The number of amides is 1. The second kappa shape index (κ2) is 11.9. The number of hydrogen-bond acceptors (Lipinski definition) is 6. The van der Waals surface area contributed by atoms with Gasteiger partial charge in [-0.3, -0.25) is 14.8 Å². The molecular formula is C19H31IN8O2. The number of aromatic nitrogens is 3. The number of aromatic amines is 1. The minimum atomic E-state index is 0. The lowest BCUT2D eigenvalue weighted by Crippen LogP contribution is -2.54. The third-order valence-corrected chi connectivity index (χ3v) is 4.48. The molecule has 1 fully saturated rings. The highest BCUT2D eigenvalue weighted by atomic mass is 127. The first-order valence-corrected chi connectivity index (χ1v) is 10.0. The summed E-state index contributed by atoms with van der Waals surface area (Å²) in [6.45, 7) is 10.9. The quantitative estimate of drug-likeness (QED) is 0.281. The predicted octanol–water partition coefficient (Wildman–Crippen LogP) is 1.29. The summed E-state index contributed by atoms with van der Waals surface area (Å²) in [5.74, 6) is 2.75. The molecule has 2 aromatic heterocycles. The molecule has 3 N–H and O–H groups in total. The molecule has 0 bridgehead atoms. The van der Waals surface area contributed by atoms with E-state index in [2.05, 4.69) is 35.6 Å². The molecule has 2 aromatic rings. The van der Waals surface area contributed by atoms with E-state index in [0.29, 0.717) is 30.5 Å². The van der Waals surface area contributed by atoms with Gasteiger partial charge in [-0.2, -0.15) is 0 Å². The van der Waals surface area contributed by atoms with Crippen molar-refractivity contribution < 1.29 is 9.21 Å². The zero-order valence-corrected chi connectivity index (χ0v) is 20.1. The summed E-state index contributed by atoms with van der Waals surface area (Å²) in [5.41, 5.74) is 0. The van der Waals surface area contributed by atoms with Crippen LogP contribution in [0.25, 0.3) is 11.6 Å². The Labute approximate surface area is 193 Å². The highest BCUT2D eigenvalue weighted by Gasteiger charge is 2.21. The third-order valence-electron chi connectivity index (χ3n) is 4.48. The Hall–Kier alpha value is -2.15. The molecule has 1 aliphatic rings. The number of guanidine groups is 1. The molecule has 0 aromatic carbocycles. The van der Waals surface area contributed by atoms with Crippen molar-refractivity contribution in [1.29, 1.82) is 0 Å². The van der Waals surface area contributed by atoms with E-state index in [0.717, 1.165) is 38.7 Å². The van der Waals surface area contributed by atoms with Gasteiger partial charge in [0.2, 0.25) is 11.7 Å². The Balaban J connectivity index is 0.00000320. The van der Waals surface area contributed by atoms with Gasteiger partial charge >= 0.3 is 0 Å². The summed E-state index contributed by atoms with van der Waals surface area (Å²) in [4.78, 5) is 25.5. The Morgan fingerprint density at radius 1 is 1.33 bits per heavy atom. The van der Waals surface area contributed by atoms with Crippen molar-refractivity contribution in [3.05, 3.63) is 24.2 Å². The number of rotatable bonds is 7. The molecule has 3 rings (SSSR count). The summed E-state index contributed by atoms with van der Waals surface area (Å²) in [7, 11) is 0. The Morgan fingerprint density at radius 2 is 2.10 bits per heavy atom. The average Bonchev–Trinajstić information content (AvgIpc) is 3.37. The second-order valence-electron chi connectivity index (χ2n) is 7.24. The summed E-state index contributed by atoms with van der Waals surface area (Å²) < 4.78 is 5.32. The molecule has 30 heavy (non-hydrogen) atoms. The number of nitrogens with one attached hydrogen (secondary N) is 3. The number of nitrogens with zero attached hydrogens (tertiary/aromatic N) is 5. The molecule has 1 aliphatic heterocycles. The molecule has 0 atom stereocenters. The average molecular weight is 530 g/mol. The lowest BCUT2D eigenvalue weighted by molar-refractivity contribution is -0.123. The lowest BCUT2D eigenvalue weighted by Gasteiger charge is -2.36. The number of hydrogen-bond donors (Lipinski definition) is 3. The van der Waals surface area contributed by atoms with Crippen LogP contribution in [0.4, 0.5) is 0 Å². The Bertz CT molecular complexity index is 797. The molecule has 3 heterocycles. The van der Waals surface area contributed by atoms with Gasteiger partial charge in [-0.15, -0.1) is 29.1 Å². The number of carbonyl (C=O) groups is 1. The van der Waals surface area contributed by atoms with Crippen LogP contribution in [0.2, 0.25) is 0 Å². The SMILES string of the molecule is CCNC(=NCc1nc(-c2ccco2)n[nH]1)N1CCN(CC(=O)NC(C)C)CC1.I. The minimum absolute atomic E-state index is 0. The van der Waals surface area contributed by atoms with E-state index >= 15 is 0 Å². The fourth-order valence-electron chi connectivity index (χ4n) is 3.15. The van der Waals surface area contributed by atoms with E-state index in [1.807, 2.05) is 26.8 Å². The molecule has 0 saturated carbocycles. The van der Waals surface area contributed by atoms with Crippen molar-refractivity contribution in [3.8, 4) is 11.6 Å². The molecule has 0 spiro atoms. The fraction of sp³-hybridized carbons (Fsp3) is 0.579. The molecular weight excluding hydrogens is 499 g/mol. The maximum Gasteiger partial charge on any atom is 0.234 e.